The van der Waals surface area contributed by atoms with Crippen LogP contribution in [-0.2, 0) is 6.54 Å². The molecular weight excluding hydrogens is 210 g/mol. The van der Waals surface area contributed by atoms with E-state index in [0.29, 0.717) is 6.04 Å². The first-order valence-electron chi connectivity index (χ1n) is 6.05. The number of imidazole rings is 1. The van der Waals surface area contributed by atoms with Crippen LogP contribution >= 0.6 is 0 Å². The van der Waals surface area contributed by atoms with E-state index in [0.717, 1.165) is 18.8 Å². The lowest BCUT2D eigenvalue weighted by molar-refractivity contribution is 0.512. The summed E-state index contributed by atoms with van der Waals surface area (Å²) in [5, 5.41) is 3.25. The van der Waals surface area contributed by atoms with Crippen LogP contribution in [0.3, 0.4) is 0 Å². The summed E-state index contributed by atoms with van der Waals surface area (Å²) in [6, 6.07) is 10.8. The van der Waals surface area contributed by atoms with E-state index in [1.54, 1.807) is 0 Å². The highest BCUT2D eigenvalue weighted by Crippen LogP contribution is 2.17. The molecule has 0 saturated carbocycles. The molecule has 3 nitrogen and oxygen atoms in total. The van der Waals surface area contributed by atoms with Gasteiger partial charge in [-0.1, -0.05) is 30.3 Å². The zero-order valence-electron chi connectivity index (χ0n) is 10.4. The first-order valence-corrected chi connectivity index (χ1v) is 6.05. The van der Waals surface area contributed by atoms with Crippen LogP contribution in [-0.4, -0.2) is 22.6 Å². The Morgan fingerprint density at radius 1 is 1.29 bits per heavy atom. The van der Waals surface area contributed by atoms with Gasteiger partial charge in [-0.2, -0.15) is 0 Å². The van der Waals surface area contributed by atoms with Crippen molar-refractivity contribution in [2.75, 3.05) is 7.05 Å². The Bertz CT molecular complexity index is 448. The van der Waals surface area contributed by atoms with E-state index in [2.05, 4.69) is 33.9 Å². The minimum absolute atomic E-state index is 0.529. The van der Waals surface area contributed by atoms with Crippen molar-refractivity contribution in [1.82, 2.24) is 14.9 Å². The maximum absolute atomic E-state index is 4.43. The van der Waals surface area contributed by atoms with Crippen molar-refractivity contribution in [3.05, 3.63) is 42.7 Å². The van der Waals surface area contributed by atoms with Gasteiger partial charge in [0.1, 0.15) is 5.82 Å². The normalized spacial score (nSPS) is 12.6. The minimum Gasteiger partial charge on any atom is -0.331 e. The summed E-state index contributed by atoms with van der Waals surface area (Å²) in [7, 11) is 2.00. The SMILES string of the molecule is CNC(C)CCn1ccnc1-c1ccccc1. The predicted octanol–water partition coefficient (Wildman–Crippen LogP) is 2.55. The van der Waals surface area contributed by atoms with Crippen LogP contribution in [0.25, 0.3) is 11.4 Å². The number of nitrogens with one attached hydrogen (secondary N) is 1. The molecule has 2 aromatic rings. The lowest BCUT2D eigenvalue weighted by Gasteiger charge is -2.12. The lowest BCUT2D eigenvalue weighted by atomic mass is 10.2. The smallest absolute Gasteiger partial charge is 0.139 e. The summed E-state index contributed by atoms with van der Waals surface area (Å²) in [4.78, 5) is 4.43. The van der Waals surface area contributed by atoms with Crippen molar-refractivity contribution in [2.45, 2.75) is 25.9 Å². The van der Waals surface area contributed by atoms with Crippen LogP contribution in [0, 0.1) is 0 Å². The van der Waals surface area contributed by atoms with Crippen molar-refractivity contribution in [1.29, 1.82) is 0 Å². The molecule has 0 aliphatic rings. The molecule has 1 aromatic carbocycles. The molecule has 0 radical (unpaired) electrons. The van der Waals surface area contributed by atoms with Gasteiger partial charge in [-0.15, -0.1) is 0 Å². The minimum atomic E-state index is 0.529. The summed E-state index contributed by atoms with van der Waals surface area (Å²) in [6.45, 7) is 3.19. The highest BCUT2D eigenvalue weighted by molar-refractivity contribution is 5.54. The molecule has 1 atom stereocenters. The number of hydrogen-bond donors (Lipinski definition) is 1. The van der Waals surface area contributed by atoms with Gasteiger partial charge in [-0.05, 0) is 20.4 Å². The molecule has 0 spiro atoms. The van der Waals surface area contributed by atoms with Gasteiger partial charge in [-0.3, -0.25) is 0 Å². The van der Waals surface area contributed by atoms with Crippen molar-refractivity contribution in [3.63, 3.8) is 0 Å². The average molecular weight is 229 g/mol. The summed E-state index contributed by atoms with van der Waals surface area (Å²) in [6.07, 6.45) is 5.02. The van der Waals surface area contributed by atoms with Crippen molar-refractivity contribution < 1.29 is 0 Å². The largest absolute Gasteiger partial charge is 0.331 e. The topological polar surface area (TPSA) is 29.9 Å². The fraction of sp³-hybridized carbons (Fsp3) is 0.357. The van der Waals surface area contributed by atoms with Gasteiger partial charge < -0.3 is 9.88 Å². The zero-order valence-corrected chi connectivity index (χ0v) is 10.4. The summed E-state index contributed by atoms with van der Waals surface area (Å²) < 4.78 is 2.21. The van der Waals surface area contributed by atoms with Crippen molar-refractivity contribution in [3.8, 4) is 11.4 Å². The van der Waals surface area contributed by atoms with E-state index >= 15 is 0 Å². The fourth-order valence-electron chi connectivity index (χ4n) is 1.81. The molecule has 0 fully saturated rings. The fourth-order valence-corrected chi connectivity index (χ4v) is 1.81. The Kier molecular flexibility index (Phi) is 3.94. The first kappa shape index (κ1) is 11.9. The first-order chi connectivity index (χ1) is 8.31. The molecule has 3 heteroatoms. The number of rotatable bonds is 5. The van der Waals surface area contributed by atoms with Gasteiger partial charge in [0.15, 0.2) is 0 Å². The van der Waals surface area contributed by atoms with Crippen LogP contribution in [0.1, 0.15) is 13.3 Å². The molecule has 2 rings (SSSR count). The highest BCUT2D eigenvalue weighted by Gasteiger charge is 2.06. The summed E-state index contributed by atoms with van der Waals surface area (Å²) in [5.74, 6) is 1.05. The van der Waals surface area contributed by atoms with Crippen LogP contribution in [0.4, 0.5) is 0 Å². The number of hydrogen-bond acceptors (Lipinski definition) is 2. The maximum atomic E-state index is 4.43. The van der Waals surface area contributed by atoms with E-state index < -0.39 is 0 Å². The van der Waals surface area contributed by atoms with Crippen molar-refractivity contribution >= 4 is 0 Å². The Morgan fingerprint density at radius 3 is 2.76 bits per heavy atom. The van der Waals surface area contributed by atoms with E-state index in [4.69, 9.17) is 0 Å². The van der Waals surface area contributed by atoms with Gasteiger partial charge in [0.05, 0.1) is 0 Å². The molecule has 0 aliphatic heterocycles. The molecule has 90 valence electrons. The van der Waals surface area contributed by atoms with Crippen LogP contribution in [0.5, 0.6) is 0 Å². The molecule has 17 heavy (non-hydrogen) atoms. The Balaban J connectivity index is 2.12. The van der Waals surface area contributed by atoms with Gasteiger partial charge in [0.2, 0.25) is 0 Å². The van der Waals surface area contributed by atoms with E-state index in [1.165, 1.54) is 5.56 Å². The summed E-state index contributed by atoms with van der Waals surface area (Å²) in [5.41, 5.74) is 1.18. The quantitative estimate of drug-likeness (QED) is 0.854. The van der Waals surface area contributed by atoms with Gasteiger partial charge >= 0.3 is 0 Å². The molecule has 0 bridgehead atoms. The van der Waals surface area contributed by atoms with Crippen molar-refractivity contribution in [2.24, 2.45) is 0 Å². The lowest BCUT2D eigenvalue weighted by Crippen LogP contribution is -2.22. The van der Waals surface area contributed by atoms with Gasteiger partial charge in [0.25, 0.3) is 0 Å². The molecule has 1 N–H and O–H groups in total. The standard InChI is InChI=1S/C14H19N3/c1-12(15-2)8-10-17-11-9-16-14(17)13-6-4-3-5-7-13/h3-7,9,11-12,15H,8,10H2,1-2H3. The third kappa shape index (κ3) is 2.94. The van der Waals surface area contributed by atoms with Crippen LogP contribution < -0.4 is 5.32 Å². The Morgan fingerprint density at radius 2 is 2.06 bits per heavy atom. The van der Waals surface area contributed by atoms with E-state index in [-0.39, 0.29) is 0 Å². The van der Waals surface area contributed by atoms with E-state index in [1.807, 2.05) is 37.6 Å². The van der Waals surface area contributed by atoms with Gasteiger partial charge in [0, 0.05) is 30.5 Å². The molecule has 0 aliphatic carbocycles. The Labute approximate surface area is 103 Å². The molecule has 1 heterocycles. The number of nitrogens with zero attached hydrogens (tertiary/aromatic N) is 2. The van der Waals surface area contributed by atoms with Crippen LogP contribution in [0.15, 0.2) is 42.7 Å². The highest BCUT2D eigenvalue weighted by atomic mass is 15.1. The second kappa shape index (κ2) is 5.64. The third-order valence-corrected chi connectivity index (χ3v) is 3.04. The third-order valence-electron chi connectivity index (χ3n) is 3.04. The second-order valence-corrected chi connectivity index (χ2v) is 4.29. The molecule has 1 unspecified atom stereocenters. The average Bonchev–Trinajstić information content (AvgIpc) is 2.85. The maximum Gasteiger partial charge on any atom is 0.139 e. The molecule has 0 amide bonds. The molecular formula is C14H19N3. The number of aromatic nitrogens is 2. The Hall–Kier alpha value is -1.61. The number of benzene rings is 1. The monoisotopic (exact) mass is 229 g/mol. The number of aryl methyl sites for hydroxylation is 1. The summed E-state index contributed by atoms with van der Waals surface area (Å²) >= 11 is 0. The van der Waals surface area contributed by atoms with E-state index in [9.17, 15) is 0 Å². The predicted molar refractivity (Wildman–Crippen MR) is 70.8 cm³/mol. The zero-order chi connectivity index (χ0) is 12.1. The molecule has 1 aromatic heterocycles. The second-order valence-electron chi connectivity index (χ2n) is 4.29. The van der Waals surface area contributed by atoms with Gasteiger partial charge in [-0.25, -0.2) is 4.98 Å². The van der Waals surface area contributed by atoms with Crippen LogP contribution in [0.2, 0.25) is 0 Å². The molecule has 0 saturated heterocycles.